The molecule has 0 saturated carbocycles. The van der Waals surface area contributed by atoms with Crippen molar-refractivity contribution in [3.8, 4) is 0 Å². The number of benzene rings is 1. The highest BCUT2D eigenvalue weighted by atomic mass is 32.1. The highest BCUT2D eigenvalue weighted by molar-refractivity contribution is 7.14. The molecule has 7 heteroatoms. The summed E-state index contributed by atoms with van der Waals surface area (Å²) in [5, 5.41) is 5.63. The lowest BCUT2D eigenvalue weighted by Crippen LogP contribution is -2.28. The number of rotatable bonds is 7. The van der Waals surface area contributed by atoms with Crippen LogP contribution in [0.2, 0.25) is 0 Å². The van der Waals surface area contributed by atoms with Gasteiger partial charge in [0.2, 0.25) is 0 Å². The van der Waals surface area contributed by atoms with Crippen LogP contribution in [0.4, 0.5) is 5.13 Å². The third-order valence-corrected chi connectivity index (χ3v) is 6.52. The minimum absolute atomic E-state index is 0.151. The van der Waals surface area contributed by atoms with E-state index in [9.17, 15) is 4.79 Å². The van der Waals surface area contributed by atoms with E-state index in [-0.39, 0.29) is 5.91 Å². The Morgan fingerprint density at radius 2 is 1.82 bits per heavy atom. The first-order valence-corrected chi connectivity index (χ1v) is 11.9. The molecule has 0 atom stereocenters. The molecule has 1 aliphatic heterocycles. The normalized spacial score (nSPS) is 14.1. The minimum Gasteiger partial charge on any atom is -0.339 e. The Morgan fingerprint density at radius 3 is 2.61 bits per heavy atom. The maximum absolute atomic E-state index is 12.9. The monoisotopic (exact) mass is 455 g/mol. The summed E-state index contributed by atoms with van der Waals surface area (Å²) in [5.74, 6) is -0.151. The van der Waals surface area contributed by atoms with Gasteiger partial charge >= 0.3 is 0 Å². The Bertz CT molecular complexity index is 1250. The molecule has 6 nitrogen and oxygen atoms in total. The van der Waals surface area contributed by atoms with E-state index < -0.39 is 0 Å². The zero-order valence-electron chi connectivity index (χ0n) is 18.2. The van der Waals surface area contributed by atoms with Crippen molar-refractivity contribution in [2.75, 3.05) is 18.4 Å². The van der Waals surface area contributed by atoms with Crippen molar-refractivity contribution in [2.24, 2.45) is 0 Å². The largest absolute Gasteiger partial charge is 0.339 e. The van der Waals surface area contributed by atoms with Crippen LogP contribution in [0.25, 0.3) is 5.57 Å². The van der Waals surface area contributed by atoms with Crippen molar-refractivity contribution in [2.45, 2.75) is 19.5 Å². The lowest BCUT2D eigenvalue weighted by Gasteiger charge is -2.25. The van der Waals surface area contributed by atoms with Crippen molar-refractivity contribution in [3.63, 3.8) is 0 Å². The predicted octanol–water partition coefficient (Wildman–Crippen LogP) is 4.93. The summed E-state index contributed by atoms with van der Waals surface area (Å²) >= 11 is 1.47. The number of carbonyl (C=O) groups is 1. The summed E-state index contributed by atoms with van der Waals surface area (Å²) in [7, 11) is 0. The van der Waals surface area contributed by atoms with Crippen LogP contribution < -0.4 is 5.32 Å². The lowest BCUT2D eigenvalue weighted by molar-refractivity contribution is 0.101. The van der Waals surface area contributed by atoms with Gasteiger partial charge in [0.25, 0.3) is 5.91 Å². The number of nitrogens with one attached hydrogen (secondary N) is 1. The number of aromatic nitrogens is 3. The molecule has 0 bridgehead atoms. The van der Waals surface area contributed by atoms with Crippen molar-refractivity contribution >= 4 is 27.9 Å². The first kappa shape index (κ1) is 21.3. The number of anilines is 1. The highest BCUT2D eigenvalue weighted by Crippen LogP contribution is 2.27. The topological polar surface area (TPSA) is 63.1 Å². The summed E-state index contributed by atoms with van der Waals surface area (Å²) in [6.45, 7) is 3.49. The second-order valence-corrected chi connectivity index (χ2v) is 8.93. The van der Waals surface area contributed by atoms with Crippen molar-refractivity contribution in [1.82, 2.24) is 19.4 Å². The average Bonchev–Trinajstić information content (AvgIpc) is 3.51. The Hall–Kier alpha value is -3.55. The molecule has 4 heterocycles. The van der Waals surface area contributed by atoms with E-state index in [1.165, 1.54) is 22.5 Å². The van der Waals surface area contributed by atoms with E-state index in [1.807, 2.05) is 40.4 Å². The third-order valence-electron chi connectivity index (χ3n) is 5.76. The van der Waals surface area contributed by atoms with Crippen LogP contribution in [-0.4, -0.2) is 38.4 Å². The SMILES string of the molecule is O=C(Nc1nc(C2=CCN(Cc3ccccc3)CC2)cs1)c1cccn1Cc1ccncc1. The van der Waals surface area contributed by atoms with E-state index in [0.717, 1.165) is 37.3 Å². The fourth-order valence-electron chi connectivity index (χ4n) is 4.01. The maximum Gasteiger partial charge on any atom is 0.274 e. The van der Waals surface area contributed by atoms with Gasteiger partial charge in [-0.2, -0.15) is 0 Å². The van der Waals surface area contributed by atoms with Gasteiger partial charge in [-0.25, -0.2) is 4.98 Å². The molecular weight excluding hydrogens is 430 g/mol. The molecule has 0 unspecified atom stereocenters. The van der Waals surface area contributed by atoms with E-state index in [0.29, 0.717) is 17.4 Å². The molecule has 33 heavy (non-hydrogen) atoms. The molecule has 166 valence electrons. The number of carbonyl (C=O) groups excluding carboxylic acids is 1. The molecule has 1 aliphatic rings. The summed E-state index contributed by atoms with van der Waals surface area (Å²) < 4.78 is 1.93. The first-order valence-electron chi connectivity index (χ1n) is 11.0. The van der Waals surface area contributed by atoms with Crippen LogP contribution in [0, 0.1) is 0 Å². The molecule has 1 amide bonds. The number of pyridine rings is 1. The van der Waals surface area contributed by atoms with Gasteiger partial charge in [0.15, 0.2) is 5.13 Å². The van der Waals surface area contributed by atoms with E-state index in [2.05, 4.69) is 56.6 Å². The van der Waals surface area contributed by atoms with Gasteiger partial charge in [-0.15, -0.1) is 11.3 Å². The second kappa shape index (κ2) is 9.94. The Kier molecular flexibility index (Phi) is 6.41. The standard InChI is InChI=1S/C26H25N5OS/c32-25(24-7-4-14-31(24)18-21-8-12-27-13-9-21)29-26-28-23(19-33-26)22-10-15-30(16-11-22)17-20-5-2-1-3-6-20/h1-10,12-14,19H,11,15-18H2,(H,28,29,32). The molecule has 4 aromatic rings. The van der Waals surface area contributed by atoms with Crippen LogP contribution in [0.15, 0.2) is 84.6 Å². The molecule has 5 rings (SSSR count). The zero-order chi connectivity index (χ0) is 22.5. The summed E-state index contributed by atoms with van der Waals surface area (Å²) in [4.78, 5) is 24.1. The van der Waals surface area contributed by atoms with E-state index in [1.54, 1.807) is 12.4 Å². The van der Waals surface area contributed by atoms with Gasteiger partial charge in [0.05, 0.1) is 5.69 Å². The highest BCUT2D eigenvalue weighted by Gasteiger charge is 2.17. The average molecular weight is 456 g/mol. The van der Waals surface area contributed by atoms with Crippen molar-refractivity contribution < 1.29 is 4.79 Å². The van der Waals surface area contributed by atoms with Crippen LogP contribution in [0.3, 0.4) is 0 Å². The number of hydrogen-bond acceptors (Lipinski definition) is 5. The molecule has 0 spiro atoms. The Balaban J connectivity index is 1.20. The minimum atomic E-state index is -0.151. The van der Waals surface area contributed by atoms with Gasteiger partial charge in [0, 0.05) is 50.1 Å². The van der Waals surface area contributed by atoms with Crippen LogP contribution in [-0.2, 0) is 13.1 Å². The number of thiazole rings is 1. The molecule has 0 saturated heterocycles. The lowest BCUT2D eigenvalue weighted by atomic mass is 10.1. The molecular formula is C26H25N5OS. The summed E-state index contributed by atoms with van der Waals surface area (Å²) in [6, 6.07) is 18.2. The quantitative estimate of drug-likeness (QED) is 0.429. The fourth-order valence-corrected chi connectivity index (χ4v) is 4.74. The number of nitrogens with zero attached hydrogens (tertiary/aromatic N) is 4. The van der Waals surface area contributed by atoms with Gasteiger partial charge in [-0.05, 0) is 47.4 Å². The van der Waals surface area contributed by atoms with Gasteiger partial charge in [0.1, 0.15) is 5.69 Å². The van der Waals surface area contributed by atoms with Crippen molar-refractivity contribution in [3.05, 3.63) is 107 Å². The van der Waals surface area contributed by atoms with Gasteiger partial charge in [-0.1, -0.05) is 36.4 Å². The van der Waals surface area contributed by atoms with Crippen LogP contribution in [0.5, 0.6) is 0 Å². The summed E-state index contributed by atoms with van der Waals surface area (Å²) in [5.41, 5.74) is 5.25. The summed E-state index contributed by atoms with van der Waals surface area (Å²) in [6.07, 6.45) is 8.65. The number of amides is 1. The van der Waals surface area contributed by atoms with E-state index >= 15 is 0 Å². The van der Waals surface area contributed by atoms with Gasteiger partial charge in [-0.3, -0.25) is 20.0 Å². The predicted molar refractivity (Wildman–Crippen MR) is 132 cm³/mol. The Labute approximate surface area is 197 Å². The molecule has 0 fully saturated rings. The van der Waals surface area contributed by atoms with Crippen molar-refractivity contribution in [1.29, 1.82) is 0 Å². The van der Waals surface area contributed by atoms with Crippen LogP contribution in [0.1, 0.15) is 33.7 Å². The molecule has 0 radical (unpaired) electrons. The Morgan fingerprint density at radius 1 is 1.00 bits per heavy atom. The maximum atomic E-state index is 12.9. The molecule has 0 aliphatic carbocycles. The van der Waals surface area contributed by atoms with Crippen LogP contribution >= 0.6 is 11.3 Å². The first-order chi connectivity index (χ1) is 16.2. The second-order valence-electron chi connectivity index (χ2n) is 8.07. The number of hydrogen-bond donors (Lipinski definition) is 1. The van der Waals surface area contributed by atoms with Gasteiger partial charge < -0.3 is 4.57 Å². The zero-order valence-corrected chi connectivity index (χ0v) is 19.0. The smallest absolute Gasteiger partial charge is 0.274 e. The van der Waals surface area contributed by atoms with E-state index in [4.69, 9.17) is 0 Å². The molecule has 1 aromatic carbocycles. The fraction of sp³-hybridized carbons (Fsp3) is 0.192. The molecule has 1 N–H and O–H groups in total. The molecule has 3 aromatic heterocycles. The third kappa shape index (κ3) is 5.27.